The van der Waals surface area contributed by atoms with Crippen molar-refractivity contribution in [2.75, 3.05) is 0 Å². The third-order valence-electron chi connectivity index (χ3n) is 2.22. The molecule has 1 aliphatic carbocycles. The van der Waals surface area contributed by atoms with Crippen LogP contribution in [-0.2, 0) is 4.79 Å². The molecule has 0 heterocycles. The predicted molar refractivity (Wildman–Crippen MR) is 46.6 cm³/mol. The van der Waals surface area contributed by atoms with E-state index in [9.17, 15) is 9.18 Å². The van der Waals surface area contributed by atoms with Gasteiger partial charge in [-0.3, -0.25) is 0 Å². The predicted octanol–water partition coefficient (Wildman–Crippen LogP) is 1.82. The van der Waals surface area contributed by atoms with E-state index in [2.05, 4.69) is 0 Å². The molecule has 1 saturated carbocycles. The Morgan fingerprint density at radius 1 is 1.36 bits per heavy atom. The van der Waals surface area contributed by atoms with Crippen LogP contribution in [-0.4, -0.2) is 16.7 Å². The molecule has 0 amide bonds. The normalized spacial score (nSPS) is 17.5. The van der Waals surface area contributed by atoms with E-state index in [4.69, 9.17) is 9.84 Å². The minimum atomic E-state index is -1.06. The summed E-state index contributed by atoms with van der Waals surface area (Å²) in [6.45, 7) is 0. The highest BCUT2D eigenvalue weighted by molar-refractivity contribution is 5.81. The summed E-state index contributed by atoms with van der Waals surface area (Å²) in [4.78, 5) is 10.8. The van der Waals surface area contributed by atoms with Gasteiger partial charge < -0.3 is 9.84 Å². The molecule has 0 atom stereocenters. The van der Waals surface area contributed by atoms with Crippen molar-refractivity contribution in [1.29, 1.82) is 0 Å². The molecule has 0 aromatic heterocycles. The zero-order valence-corrected chi connectivity index (χ0v) is 7.37. The fraction of sp³-hybridized carbons (Fsp3) is 0.300. The van der Waals surface area contributed by atoms with Crippen molar-refractivity contribution in [3.8, 4) is 5.75 Å². The van der Waals surface area contributed by atoms with Crippen molar-refractivity contribution in [3.63, 3.8) is 0 Å². The second-order valence-electron chi connectivity index (χ2n) is 3.36. The van der Waals surface area contributed by atoms with Gasteiger partial charge >= 0.3 is 5.97 Å². The molecule has 2 rings (SSSR count). The molecule has 1 aromatic carbocycles. The molecule has 0 saturated heterocycles. The molecule has 1 fully saturated rings. The molecule has 3 nitrogen and oxygen atoms in total. The average Bonchev–Trinajstić information content (AvgIpc) is 2.90. The first-order valence-corrected chi connectivity index (χ1v) is 4.30. The van der Waals surface area contributed by atoms with E-state index in [1.807, 2.05) is 0 Å². The lowest BCUT2D eigenvalue weighted by atomic mass is 10.3. The Labute approximate surface area is 80.1 Å². The number of rotatable bonds is 3. The first-order chi connectivity index (χ1) is 6.62. The Bertz CT molecular complexity index is 354. The second-order valence-corrected chi connectivity index (χ2v) is 3.36. The largest absolute Gasteiger partial charge is 0.478 e. The maximum Gasteiger partial charge on any atom is 0.348 e. The van der Waals surface area contributed by atoms with Gasteiger partial charge in [0.1, 0.15) is 11.6 Å². The van der Waals surface area contributed by atoms with Gasteiger partial charge in [0.25, 0.3) is 0 Å². The zero-order valence-electron chi connectivity index (χ0n) is 7.37. The summed E-state index contributed by atoms with van der Waals surface area (Å²) in [5.74, 6) is -0.925. The highest BCUT2D eigenvalue weighted by atomic mass is 19.1. The van der Waals surface area contributed by atoms with Gasteiger partial charge in [-0.05, 0) is 24.3 Å². The van der Waals surface area contributed by atoms with Crippen LogP contribution in [0.3, 0.4) is 0 Å². The number of carbonyl (C=O) groups is 1. The molecule has 0 radical (unpaired) electrons. The number of hydrogen-bond donors (Lipinski definition) is 1. The number of carboxylic acids is 1. The number of ether oxygens (including phenoxy) is 1. The molecule has 0 spiro atoms. The monoisotopic (exact) mass is 196 g/mol. The molecule has 1 N–H and O–H groups in total. The quantitative estimate of drug-likeness (QED) is 0.802. The van der Waals surface area contributed by atoms with Gasteiger partial charge in [-0.15, -0.1) is 0 Å². The van der Waals surface area contributed by atoms with Gasteiger partial charge in [-0.1, -0.05) is 0 Å². The summed E-state index contributed by atoms with van der Waals surface area (Å²) in [6.07, 6.45) is 1.03. The van der Waals surface area contributed by atoms with Gasteiger partial charge in [-0.25, -0.2) is 9.18 Å². The van der Waals surface area contributed by atoms with Crippen molar-refractivity contribution in [2.24, 2.45) is 0 Å². The summed E-state index contributed by atoms with van der Waals surface area (Å²) < 4.78 is 17.8. The van der Waals surface area contributed by atoms with E-state index in [0.29, 0.717) is 18.6 Å². The van der Waals surface area contributed by atoms with E-state index in [1.165, 1.54) is 24.3 Å². The minimum Gasteiger partial charge on any atom is -0.478 e. The summed E-state index contributed by atoms with van der Waals surface area (Å²) in [5, 5.41) is 8.82. The highest BCUT2D eigenvalue weighted by Crippen LogP contribution is 2.40. The van der Waals surface area contributed by atoms with E-state index in [-0.39, 0.29) is 5.82 Å². The van der Waals surface area contributed by atoms with Crippen LogP contribution >= 0.6 is 0 Å². The average molecular weight is 196 g/mol. The van der Waals surface area contributed by atoms with Crippen molar-refractivity contribution in [1.82, 2.24) is 0 Å². The molecule has 0 unspecified atom stereocenters. The second kappa shape index (κ2) is 2.97. The maximum atomic E-state index is 12.5. The SMILES string of the molecule is O=C(O)C1(Oc2ccc(F)cc2)CC1. The van der Waals surface area contributed by atoms with Gasteiger partial charge in [0, 0.05) is 12.8 Å². The van der Waals surface area contributed by atoms with E-state index in [0.717, 1.165) is 0 Å². The fourth-order valence-corrected chi connectivity index (χ4v) is 1.20. The van der Waals surface area contributed by atoms with Gasteiger partial charge in [0.15, 0.2) is 0 Å². The molecule has 74 valence electrons. The maximum absolute atomic E-state index is 12.5. The fourth-order valence-electron chi connectivity index (χ4n) is 1.20. The van der Waals surface area contributed by atoms with Gasteiger partial charge in [-0.2, -0.15) is 0 Å². The van der Waals surface area contributed by atoms with Gasteiger partial charge in [0.05, 0.1) is 0 Å². The molecule has 1 aromatic rings. The first kappa shape index (κ1) is 8.99. The Morgan fingerprint density at radius 3 is 2.36 bits per heavy atom. The Balaban J connectivity index is 2.11. The topological polar surface area (TPSA) is 46.5 Å². The number of hydrogen-bond acceptors (Lipinski definition) is 2. The summed E-state index contributed by atoms with van der Waals surface area (Å²) in [7, 11) is 0. The third kappa shape index (κ3) is 1.55. The van der Waals surface area contributed by atoms with Crippen LogP contribution in [0.25, 0.3) is 0 Å². The van der Waals surface area contributed by atoms with Crippen molar-refractivity contribution in [3.05, 3.63) is 30.1 Å². The van der Waals surface area contributed by atoms with Crippen molar-refractivity contribution < 1.29 is 19.0 Å². The first-order valence-electron chi connectivity index (χ1n) is 4.30. The lowest BCUT2D eigenvalue weighted by Crippen LogP contribution is -2.28. The summed E-state index contributed by atoms with van der Waals surface area (Å²) in [5.41, 5.74) is -1.06. The summed E-state index contributed by atoms with van der Waals surface area (Å²) in [6, 6.07) is 5.34. The van der Waals surface area contributed by atoms with E-state index >= 15 is 0 Å². The van der Waals surface area contributed by atoms with E-state index in [1.54, 1.807) is 0 Å². The molecular formula is C10H9FO3. The van der Waals surface area contributed by atoms with Crippen LogP contribution in [0.2, 0.25) is 0 Å². The van der Waals surface area contributed by atoms with Crippen LogP contribution in [0.15, 0.2) is 24.3 Å². The van der Waals surface area contributed by atoms with E-state index < -0.39 is 11.6 Å². The molecule has 0 aliphatic heterocycles. The molecular weight excluding hydrogens is 187 g/mol. The van der Waals surface area contributed by atoms with Crippen molar-refractivity contribution >= 4 is 5.97 Å². The zero-order chi connectivity index (χ0) is 10.2. The molecule has 14 heavy (non-hydrogen) atoms. The van der Waals surface area contributed by atoms with Crippen LogP contribution in [0.1, 0.15) is 12.8 Å². The highest BCUT2D eigenvalue weighted by Gasteiger charge is 2.53. The Hall–Kier alpha value is -1.58. The lowest BCUT2D eigenvalue weighted by molar-refractivity contribution is -0.147. The smallest absolute Gasteiger partial charge is 0.348 e. The van der Waals surface area contributed by atoms with Crippen LogP contribution in [0.4, 0.5) is 4.39 Å². The third-order valence-corrected chi connectivity index (χ3v) is 2.22. The number of halogens is 1. The standard InChI is InChI=1S/C10H9FO3/c11-7-1-3-8(4-2-7)14-10(5-6-10)9(12)13/h1-4H,5-6H2,(H,12,13). The van der Waals surface area contributed by atoms with Crippen molar-refractivity contribution in [2.45, 2.75) is 18.4 Å². The lowest BCUT2D eigenvalue weighted by Gasteiger charge is -2.12. The molecule has 1 aliphatic rings. The van der Waals surface area contributed by atoms with Crippen LogP contribution < -0.4 is 4.74 Å². The van der Waals surface area contributed by atoms with Crippen LogP contribution in [0, 0.1) is 5.82 Å². The summed E-state index contributed by atoms with van der Waals surface area (Å²) >= 11 is 0. The van der Waals surface area contributed by atoms with Crippen LogP contribution in [0.5, 0.6) is 5.75 Å². The number of benzene rings is 1. The number of aliphatic carboxylic acids is 1. The number of carboxylic acid groups (broad SMARTS) is 1. The molecule has 4 heteroatoms. The van der Waals surface area contributed by atoms with Gasteiger partial charge in [0.2, 0.25) is 5.60 Å². The Morgan fingerprint density at radius 2 is 1.93 bits per heavy atom. The molecule has 0 bridgehead atoms. The Kier molecular flexibility index (Phi) is 1.91. The minimum absolute atomic E-state index is 0.363.